The highest BCUT2D eigenvalue weighted by molar-refractivity contribution is 5.96. The molecule has 2 aliphatic rings. The summed E-state index contributed by atoms with van der Waals surface area (Å²) >= 11 is 0. The number of benzene rings is 1. The molecule has 2 fully saturated rings. The Bertz CT molecular complexity index is 460. The first-order chi connectivity index (χ1) is 9.29. The molecule has 1 aromatic carbocycles. The highest BCUT2D eigenvalue weighted by Crippen LogP contribution is 2.38. The van der Waals surface area contributed by atoms with Gasteiger partial charge >= 0.3 is 0 Å². The quantitative estimate of drug-likeness (QED) is 0.902. The van der Waals surface area contributed by atoms with Gasteiger partial charge in [-0.15, -0.1) is 0 Å². The molecule has 1 aliphatic carbocycles. The number of fused-ring (bicyclic) bond motifs is 1. The molecule has 1 saturated carbocycles. The Morgan fingerprint density at radius 1 is 1.21 bits per heavy atom. The van der Waals surface area contributed by atoms with Crippen molar-refractivity contribution in [3.05, 3.63) is 35.4 Å². The highest BCUT2D eigenvalue weighted by atomic mass is 16.2. The molecule has 19 heavy (non-hydrogen) atoms. The second-order valence-corrected chi connectivity index (χ2v) is 5.86. The van der Waals surface area contributed by atoms with Crippen LogP contribution >= 0.6 is 0 Å². The van der Waals surface area contributed by atoms with Crippen molar-refractivity contribution in [3.8, 4) is 0 Å². The van der Waals surface area contributed by atoms with E-state index in [-0.39, 0.29) is 5.91 Å². The lowest BCUT2D eigenvalue weighted by Gasteiger charge is -2.19. The summed E-state index contributed by atoms with van der Waals surface area (Å²) in [6, 6.07) is 7.91. The Balaban J connectivity index is 1.77. The number of nitrogens with two attached hydrogens (primary N) is 1. The number of likely N-dealkylation sites (tertiary alicyclic amines) is 1. The van der Waals surface area contributed by atoms with E-state index >= 15 is 0 Å². The van der Waals surface area contributed by atoms with Crippen molar-refractivity contribution in [2.45, 2.75) is 25.7 Å². The summed E-state index contributed by atoms with van der Waals surface area (Å²) in [5.74, 6) is 1.72. The SMILES string of the molecule is NCCc1ccccc1C(=O)N1CC2CCCC2C1. The molecule has 1 aliphatic heterocycles. The number of nitrogens with zero attached hydrogens (tertiary/aromatic N) is 1. The van der Waals surface area contributed by atoms with E-state index in [2.05, 4.69) is 4.90 Å². The molecule has 0 spiro atoms. The molecule has 0 radical (unpaired) electrons. The van der Waals surface area contributed by atoms with Gasteiger partial charge in [0.05, 0.1) is 0 Å². The van der Waals surface area contributed by atoms with Gasteiger partial charge in [0.25, 0.3) is 5.91 Å². The van der Waals surface area contributed by atoms with E-state index in [1.54, 1.807) is 0 Å². The second-order valence-electron chi connectivity index (χ2n) is 5.86. The maximum absolute atomic E-state index is 12.7. The zero-order chi connectivity index (χ0) is 13.2. The van der Waals surface area contributed by atoms with Crippen molar-refractivity contribution in [1.82, 2.24) is 4.90 Å². The van der Waals surface area contributed by atoms with E-state index in [0.29, 0.717) is 6.54 Å². The van der Waals surface area contributed by atoms with Gasteiger partial charge in [-0.25, -0.2) is 0 Å². The average Bonchev–Trinajstić information content (AvgIpc) is 2.99. The first kappa shape index (κ1) is 12.7. The van der Waals surface area contributed by atoms with E-state index < -0.39 is 0 Å². The van der Waals surface area contributed by atoms with Crippen molar-refractivity contribution in [2.24, 2.45) is 17.6 Å². The summed E-state index contributed by atoms with van der Waals surface area (Å²) in [6.45, 7) is 2.51. The van der Waals surface area contributed by atoms with Gasteiger partial charge in [0, 0.05) is 18.7 Å². The summed E-state index contributed by atoms with van der Waals surface area (Å²) in [5, 5.41) is 0. The van der Waals surface area contributed by atoms with Gasteiger partial charge in [0.2, 0.25) is 0 Å². The third kappa shape index (κ3) is 2.39. The van der Waals surface area contributed by atoms with Crippen molar-refractivity contribution in [2.75, 3.05) is 19.6 Å². The summed E-state index contributed by atoms with van der Waals surface area (Å²) < 4.78 is 0. The fraction of sp³-hybridized carbons (Fsp3) is 0.562. The van der Waals surface area contributed by atoms with Crippen molar-refractivity contribution < 1.29 is 4.79 Å². The Morgan fingerprint density at radius 3 is 2.58 bits per heavy atom. The van der Waals surface area contributed by atoms with Crippen molar-refractivity contribution in [3.63, 3.8) is 0 Å². The average molecular weight is 258 g/mol. The van der Waals surface area contributed by atoms with E-state index in [1.165, 1.54) is 19.3 Å². The normalized spacial score (nSPS) is 25.6. The van der Waals surface area contributed by atoms with Crippen LogP contribution in [0, 0.1) is 11.8 Å². The Kier molecular flexibility index (Phi) is 3.56. The largest absolute Gasteiger partial charge is 0.338 e. The van der Waals surface area contributed by atoms with Crippen LogP contribution in [0.2, 0.25) is 0 Å². The van der Waals surface area contributed by atoms with Crippen molar-refractivity contribution >= 4 is 5.91 Å². The Morgan fingerprint density at radius 2 is 1.89 bits per heavy atom. The molecule has 1 saturated heterocycles. The molecule has 0 bridgehead atoms. The van der Waals surface area contributed by atoms with Crippen LogP contribution in [0.5, 0.6) is 0 Å². The minimum atomic E-state index is 0.207. The minimum absolute atomic E-state index is 0.207. The third-order valence-corrected chi connectivity index (χ3v) is 4.67. The lowest BCUT2D eigenvalue weighted by Crippen LogP contribution is -2.30. The third-order valence-electron chi connectivity index (χ3n) is 4.67. The molecular weight excluding hydrogens is 236 g/mol. The van der Waals surface area contributed by atoms with Gasteiger partial charge in [-0.3, -0.25) is 4.79 Å². The topological polar surface area (TPSA) is 46.3 Å². The van der Waals surface area contributed by atoms with Gasteiger partial charge in [-0.1, -0.05) is 24.6 Å². The monoisotopic (exact) mass is 258 g/mol. The Labute approximate surface area is 114 Å². The number of hydrogen-bond acceptors (Lipinski definition) is 2. The lowest BCUT2D eigenvalue weighted by atomic mass is 10.0. The molecule has 3 nitrogen and oxygen atoms in total. The van der Waals surface area contributed by atoms with Gasteiger partial charge in [0.1, 0.15) is 0 Å². The molecule has 102 valence electrons. The predicted molar refractivity (Wildman–Crippen MR) is 75.9 cm³/mol. The van der Waals surface area contributed by atoms with Crippen LogP contribution in [0.3, 0.4) is 0 Å². The van der Waals surface area contributed by atoms with Crippen LogP contribution in [0.15, 0.2) is 24.3 Å². The second kappa shape index (κ2) is 5.33. The van der Waals surface area contributed by atoms with Crippen LogP contribution in [-0.2, 0) is 6.42 Å². The summed E-state index contributed by atoms with van der Waals surface area (Å²) in [4.78, 5) is 14.7. The van der Waals surface area contributed by atoms with Crippen LogP contribution in [0.4, 0.5) is 0 Å². The molecule has 2 unspecified atom stereocenters. The highest BCUT2D eigenvalue weighted by Gasteiger charge is 2.38. The van der Waals surface area contributed by atoms with Crippen LogP contribution in [0.25, 0.3) is 0 Å². The van der Waals surface area contributed by atoms with E-state index in [0.717, 1.165) is 42.5 Å². The van der Waals surface area contributed by atoms with Crippen LogP contribution in [-0.4, -0.2) is 30.4 Å². The fourth-order valence-corrected chi connectivity index (χ4v) is 3.67. The van der Waals surface area contributed by atoms with E-state index in [4.69, 9.17) is 5.73 Å². The van der Waals surface area contributed by atoms with Gasteiger partial charge in [0.15, 0.2) is 0 Å². The van der Waals surface area contributed by atoms with Crippen LogP contribution < -0.4 is 5.73 Å². The maximum Gasteiger partial charge on any atom is 0.254 e. The van der Waals surface area contributed by atoms with Gasteiger partial charge in [-0.2, -0.15) is 0 Å². The molecular formula is C16H22N2O. The van der Waals surface area contributed by atoms with E-state index in [9.17, 15) is 4.79 Å². The number of carbonyl (C=O) groups is 1. The first-order valence-corrected chi connectivity index (χ1v) is 7.37. The lowest BCUT2D eigenvalue weighted by molar-refractivity contribution is 0.0779. The number of carbonyl (C=O) groups excluding carboxylic acids is 1. The number of hydrogen-bond donors (Lipinski definition) is 1. The summed E-state index contributed by atoms with van der Waals surface area (Å²) in [6.07, 6.45) is 4.74. The van der Waals surface area contributed by atoms with Gasteiger partial charge in [-0.05, 0) is 49.3 Å². The molecule has 2 atom stereocenters. The van der Waals surface area contributed by atoms with E-state index in [1.807, 2.05) is 24.3 Å². The molecule has 2 N–H and O–H groups in total. The number of rotatable bonds is 3. The molecule has 1 amide bonds. The van der Waals surface area contributed by atoms with Gasteiger partial charge < -0.3 is 10.6 Å². The summed E-state index contributed by atoms with van der Waals surface area (Å²) in [7, 11) is 0. The zero-order valence-electron chi connectivity index (χ0n) is 11.3. The fourth-order valence-electron chi connectivity index (χ4n) is 3.67. The van der Waals surface area contributed by atoms with Crippen LogP contribution in [0.1, 0.15) is 35.2 Å². The molecule has 3 rings (SSSR count). The smallest absolute Gasteiger partial charge is 0.254 e. The van der Waals surface area contributed by atoms with Crippen molar-refractivity contribution in [1.29, 1.82) is 0 Å². The molecule has 0 aromatic heterocycles. The Hall–Kier alpha value is -1.35. The molecule has 3 heteroatoms. The summed E-state index contributed by atoms with van der Waals surface area (Å²) in [5.41, 5.74) is 7.58. The maximum atomic E-state index is 12.7. The first-order valence-electron chi connectivity index (χ1n) is 7.37. The minimum Gasteiger partial charge on any atom is -0.338 e. The molecule has 1 heterocycles. The number of amides is 1. The predicted octanol–water partition coefficient (Wildman–Crippen LogP) is 2.06. The molecule has 1 aromatic rings. The zero-order valence-corrected chi connectivity index (χ0v) is 11.3. The standard InChI is InChI=1S/C16H22N2O/c17-9-8-12-4-1-2-7-15(12)16(19)18-10-13-5-3-6-14(13)11-18/h1-2,4,7,13-14H,3,5-6,8-11,17H2.